The van der Waals surface area contributed by atoms with Crippen molar-refractivity contribution >= 4 is 23.2 Å². The molecule has 0 bridgehead atoms. The molecule has 0 spiro atoms. The average Bonchev–Trinajstić information content (AvgIpc) is 2.41. The number of rotatable bonds is 2. The summed E-state index contributed by atoms with van der Waals surface area (Å²) in [5.74, 6) is 0.300. The number of nitro groups is 1. The monoisotopic (exact) mass is 296 g/mol. The molecule has 0 radical (unpaired) electrons. The predicted octanol–water partition coefficient (Wildman–Crippen LogP) is 3.51. The van der Waals surface area contributed by atoms with Gasteiger partial charge in [0.05, 0.1) is 15.5 Å². The molecule has 2 atom stereocenters. The summed E-state index contributed by atoms with van der Waals surface area (Å²) in [6.07, 6.45) is 2.08. The summed E-state index contributed by atoms with van der Waals surface area (Å²) >= 11 is 6.02. The second kappa shape index (κ2) is 5.79. The first-order valence-corrected chi connectivity index (χ1v) is 7.04. The van der Waals surface area contributed by atoms with E-state index in [2.05, 4.69) is 6.92 Å². The third-order valence-corrected chi connectivity index (χ3v) is 4.34. The lowest BCUT2D eigenvalue weighted by Gasteiger charge is -2.38. The normalized spacial score (nSPS) is 22.6. The summed E-state index contributed by atoms with van der Waals surface area (Å²) in [6, 6.07) is 4.14. The van der Waals surface area contributed by atoms with Crippen LogP contribution in [0.1, 0.15) is 37.0 Å². The molecule has 0 N–H and O–H groups in total. The molecule has 1 saturated heterocycles. The van der Waals surface area contributed by atoms with Crippen LogP contribution in [0.4, 0.5) is 5.69 Å². The summed E-state index contributed by atoms with van der Waals surface area (Å²) in [7, 11) is 0. The Bertz CT molecular complexity index is 547. The van der Waals surface area contributed by atoms with Gasteiger partial charge >= 0.3 is 0 Å². The molecule has 1 aromatic rings. The Morgan fingerprint density at radius 2 is 2.15 bits per heavy atom. The van der Waals surface area contributed by atoms with E-state index in [4.69, 9.17) is 11.6 Å². The molecule has 1 aromatic carbocycles. The SMILES string of the molecule is CC1CCCN(C(=O)c2ccc([N+](=O)[O-])cc2Cl)C1C. The molecule has 0 saturated carbocycles. The number of carbonyl (C=O) groups is 1. The number of benzene rings is 1. The zero-order valence-electron chi connectivity index (χ0n) is 11.5. The minimum Gasteiger partial charge on any atom is -0.336 e. The minimum absolute atomic E-state index is 0.105. The van der Waals surface area contributed by atoms with E-state index < -0.39 is 4.92 Å². The molecule has 0 aliphatic carbocycles. The van der Waals surface area contributed by atoms with Gasteiger partial charge in [0.15, 0.2) is 0 Å². The van der Waals surface area contributed by atoms with Crippen LogP contribution in [0.5, 0.6) is 0 Å². The molecule has 20 heavy (non-hydrogen) atoms. The van der Waals surface area contributed by atoms with Gasteiger partial charge in [0.25, 0.3) is 11.6 Å². The zero-order chi connectivity index (χ0) is 14.9. The molecule has 6 heteroatoms. The maximum absolute atomic E-state index is 12.5. The van der Waals surface area contributed by atoms with Gasteiger partial charge in [0.1, 0.15) is 0 Å². The van der Waals surface area contributed by atoms with Crippen LogP contribution >= 0.6 is 11.6 Å². The van der Waals surface area contributed by atoms with Crippen LogP contribution < -0.4 is 0 Å². The van der Waals surface area contributed by atoms with Crippen LogP contribution in [-0.2, 0) is 0 Å². The molecular weight excluding hydrogens is 280 g/mol. The maximum atomic E-state index is 12.5. The van der Waals surface area contributed by atoms with Crippen molar-refractivity contribution in [1.29, 1.82) is 0 Å². The Morgan fingerprint density at radius 3 is 2.75 bits per heavy atom. The van der Waals surface area contributed by atoms with Gasteiger partial charge in [-0.25, -0.2) is 0 Å². The molecule has 1 heterocycles. The number of piperidine rings is 1. The highest BCUT2D eigenvalue weighted by atomic mass is 35.5. The smallest absolute Gasteiger partial charge is 0.270 e. The van der Waals surface area contributed by atoms with Crippen LogP contribution in [0.15, 0.2) is 18.2 Å². The fourth-order valence-electron chi connectivity index (χ4n) is 2.57. The fourth-order valence-corrected chi connectivity index (χ4v) is 2.82. The van der Waals surface area contributed by atoms with E-state index in [1.54, 1.807) is 4.90 Å². The van der Waals surface area contributed by atoms with E-state index in [0.717, 1.165) is 12.8 Å². The number of nitro benzene ring substituents is 1. The van der Waals surface area contributed by atoms with Gasteiger partial charge < -0.3 is 4.90 Å². The van der Waals surface area contributed by atoms with E-state index in [1.807, 2.05) is 6.92 Å². The highest BCUT2D eigenvalue weighted by molar-refractivity contribution is 6.34. The molecule has 1 aliphatic rings. The van der Waals surface area contributed by atoms with Crippen molar-refractivity contribution in [2.75, 3.05) is 6.54 Å². The lowest BCUT2D eigenvalue weighted by atomic mass is 9.91. The predicted molar refractivity (Wildman–Crippen MR) is 77.0 cm³/mol. The fraction of sp³-hybridized carbons (Fsp3) is 0.500. The molecule has 1 aliphatic heterocycles. The highest BCUT2D eigenvalue weighted by Crippen LogP contribution is 2.28. The van der Waals surface area contributed by atoms with Crippen molar-refractivity contribution in [2.24, 2.45) is 5.92 Å². The zero-order valence-corrected chi connectivity index (χ0v) is 12.3. The number of carbonyl (C=O) groups excluding carboxylic acids is 1. The number of likely N-dealkylation sites (tertiary alicyclic amines) is 1. The molecule has 2 unspecified atom stereocenters. The number of halogens is 1. The van der Waals surface area contributed by atoms with Gasteiger partial charge in [-0.3, -0.25) is 14.9 Å². The molecule has 0 aromatic heterocycles. The maximum Gasteiger partial charge on any atom is 0.270 e. The van der Waals surface area contributed by atoms with Crippen molar-refractivity contribution in [2.45, 2.75) is 32.7 Å². The summed E-state index contributed by atoms with van der Waals surface area (Å²) in [5.41, 5.74) is 0.227. The summed E-state index contributed by atoms with van der Waals surface area (Å²) in [4.78, 5) is 24.5. The van der Waals surface area contributed by atoms with Crippen LogP contribution in [0.3, 0.4) is 0 Å². The average molecular weight is 297 g/mol. The summed E-state index contributed by atoms with van der Waals surface area (Å²) < 4.78 is 0. The number of hydrogen-bond donors (Lipinski definition) is 0. The third kappa shape index (κ3) is 2.77. The first-order chi connectivity index (χ1) is 9.41. The summed E-state index contributed by atoms with van der Waals surface area (Å²) in [5, 5.41) is 10.8. The number of non-ortho nitro benzene ring substituents is 1. The van der Waals surface area contributed by atoms with Gasteiger partial charge in [-0.2, -0.15) is 0 Å². The van der Waals surface area contributed by atoms with Crippen molar-refractivity contribution in [1.82, 2.24) is 4.90 Å². The van der Waals surface area contributed by atoms with Crippen molar-refractivity contribution in [3.63, 3.8) is 0 Å². The molecule has 2 rings (SSSR count). The molecular formula is C14H17ClN2O3. The van der Waals surface area contributed by atoms with Crippen LogP contribution in [-0.4, -0.2) is 28.3 Å². The number of amides is 1. The molecule has 1 fully saturated rings. The minimum atomic E-state index is -0.522. The Labute approximate surface area is 122 Å². The third-order valence-electron chi connectivity index (χ3n) is 4.03. The van der Waals surface area contributed by atoms with Crippen LogP contribution in [0.2, 0.25) is 5.02 Å². The Morgan fingerprint density at radius 1 is 1.45 bits per heavy atom. The second-order valence-corrected chi connectivity index (χ2v) is 5.69. The Balaban J connectivity index is 2.27. The van der Waals surface area contributed by atoms with Gasteiger partial charge in [-0.15, -0.1) is 0 Å². The highest BCUT2D eigenvalue weighted by Gasteiger charge is 2.30. The molecule has 1 amide bonds. The Kier molecular flexibility index (Phi) is 4.28. The first-order valence-electron chi connectivity index (χ1n) is 6.66. The van der Waals surface area contributed by atoms with Crippen molar-refractivity contribution in [3.05, 3.63) is 38.9 Å². The first kappa shape index (κ1) is 14.8. The number of hydrogen-bond acceptors (Lipinski definition) is 3. The standard InChI is InChI=1S/C14H17ClN2O3/c1-9-4-3-7-16(10(9)2)14(18)12-6-5-11(17(19)20)8-13(12)15/h5-6,8-10H,3-4,7H2,1-2H3. The summed E-state index contributed by atoms with van der Waals surface area (Å²) in [6.45, 7) is 4.86. The quantitative estimate of drug-likeness (QED) is 0.619. The van der Waals surface area contributed by atoms with Gasteiger partial charge in [0.2, 0.25) is 0 Å². The van der Waals surface area contributed by atoms with E-state index in [9.17, 15) is 14.9 Å². The lowest BCUT2D eigenvalue weighted by Crippen LogP contribution is -2.46. The van der Waals surface area contributed by atoms with Gasteiger partial charge in [0, 0.05) is 24.7 Å². The molecule has 5 nitrogen and oxygen atoms in total. The van der Waals surface area contributed by atoms with E-state index in [0.29, 0.717) is 18.0 Å². The number of nitrogens with zero attached hydrogens (tertiary/aromatic N) is 2. The topological polar surface area (TPSA) is 63.5 Å². The largest absolute Gasteiger partial charge is 0.336 e. The Hall–Kier alpha value is -1.62. The van der Waals surface area contributed by atoms with E-state index >= 15 is 0 Å². The molecule has 108 valence electrons. The van der Waals surface area contributed by atoms with Crippen molar-refractivity contribution < 1.29 is 9.72 Å². The van der Waals surface area contributed by atoms with E-state index in [-0.39, 0.29) is 22.7 Å². The second-order valence-electron chi connectivity index (χ2n) is 5.28. The van der Waals surface area contributed by atoms with Crippen molar-refractivity contribution in [3.8, 4) is 0 Å². The van der Waals surface area contributed by atoms with Crippen LogP contribution in [0, 0.1) is 16.0 Å². The van der Waals surface area contributed by atoms with Crippen LogP contribution in [0.25, 0.3) is 0 Å². The van der Waals surface area contributed by atoms with E-state index in [1.165, 1.54) is 18.2 Å². The van der Waals surface area contributed by atoms with Gasteiger partial charge in [-0.1, -0.05) is 18.5 Å². The lowest BCUT2D eigenvalue weighted by molar-refractivity contribution is -0.384. The van der Waals surface area contributed by atoms with Gasteiger partial charge in [-0.05, 0) is 31.7 Å².